The van der Waals surface area contributed by atoms with Crippen molar-refractivity contribution in [1.82, 2.24) is 9.88 Å². The second-order valence-electron chi connectivity index (χ2n) is 7.22. The van der Waals surface area contributed by atoms with E-state index in [2.05, 4.69) is 12.1 Å². The molecule has 0 radical (unpaired) electrons. The molecule has 0 spiro atoms. The first-order valence-corrected chi connectivity index (χ1v) is 10.3. The van der Waals surface area contributed by atoms with Gasteiger partial charge in [-0.2, -0.15) is 0 Å². The number of likely N-dealkylation sites (tertiary alicyclic amines) is 1. The highest BCUT2D eigenvalue weighted by Crippen LogP contribution is 2.33. The van der Waals surface area contributed by atoms with Crippen molar-refractivity contribution in [3.63, 3.8) is 0 Å². The van der Waals surface area contributed by atoms with Gasteiger partial charge in [-0.3, -0.25) is 4.79 Å². The Morgan fingerprint density at radius 1 is 1.22 bits per heavy atom. The molecular weight excluding hydrogens is 356 g/mol. The van der Waals surface area contributed by atoms with E-state index in [1.165, 1.54) is 10.3 Å². The fraction of sp³-hybridized carbons (Fsp3) is 0.364. The predicted octanol–water partition coefficient (Wildman–Crippen LogP) is 4.78. The first-order chi connectivity index (χ1) is 13.1. The normalized spacial score (nSPS) is 18.4. The second-order valence-corrected chi connectivity index (χ2v) is 8.28. The van der Waals surface area contributed by atoms with Gasteiger partial charge in [-0.15, -0.1) is 11.3 Å². The van der Waals surface area contributed by atoms with Gasteiger partial charge in [0.15, 0.2) is 6.10 Å². The van der Waals surface area contributed by atoms with Gasteiger partial charge in [0, 0.05) is 19.0 Å². The number of aromatic nitrogens is 1. The lowest BCUT2D eigenvalue weighted by Crippen LogP contribution is -2.45. The Hall–Kier alpha value is -2.40. The average Bonchev–Trinajstić information content (AvgIpc) is 3.13. The number of fused-ring (bicyclic) bond motifs is 1. The number of carbonyl (C=O) groups is 1. The van der Waals surface area contributed by atoms with Crippen molar-refractivity contribution in [2.24, 2.45) is 0 Å². The number of hydrogen-bond acceptors (Lipinski definition) is 4. The van der Waals surface area contributed by atoms with Crippen molar-refractivity contribution < 1.29 is 9.53 Å². The highest BCUT2D eigenvalue weighted by Gasteiger charge is 2.30. The van der Waals surface area contributed by atoms with Crippen molar-refractivity contribution in [2.45, 2.75) is 38.7 Å². The van der Waals surface area contributed by atoms with Crippen LogP contribution in [0.5, 0.6) is 5.75 Å². The summed E-state index contributed by atoms with van der Waals surface area (Å²) in [5.74, 6) is 1.11. The summed E-state index contributed by atoms with van der Waals surface area (Å²) >= 11 is 1.75. The van der Waals surface area contributed by atoms with E-state index >= 15 is 0 Å². The minimum absolute atomic E-state index is 0.0568. The number of aryl methyl sites for hydroxylation is 1. The Kier molecular flexibility index (Phi) is 5.12. The number of benzene rings is 2. The minimum Gasteiger partial charge on any atom is -0.481 e. The quantitative estimate of drug-likeness (QED) is 0.654. The van der Waals surface area contributed by atoms with Gasteiger partial charge in [-0.05, 0) is 51.0 Å². The van der Waals surface area contributed by atoms with Crippen molar-refractivity contribution in [1.29, 1.82) is 0 Å². The Bertz CT molecular complexity index is 902. The van der Waals surface area contributed by atoms with Crippen LogP contribution in [0.25, 0.3) is 10.2 Å². The third-order valence-corrected chi connectivity index (χ3v) is 6.27. The van der Waals surface area contributed by atoms with E-state index in [-0.39, 0.29) is 5.91 Å². The lowest BCUT2D eigenvalue weighted by Gasteiger charge is -2.33. The van der Waals surface area contributed by atoms with Crippen LogP contribution in [0.4, 0.5) is 0 Å². The molecule has 2 atom stereocenters. The minimum atomic E-state index is -0.484. The molecule has 1 fully saturated rings. The van der Waals surface area contributed by atoms with Gasteiger partial charge in [-0.25, -0.2) is 4.98 Å². The first kappa shape index (κ1) is 18.0. The summed E-state index contributed by atoms with van der Waals surface area (Å²) in [5, 5.41) is 1.14. The Balaban J connectivity index is 1.43. The van der Waals surface area contributed by atoms with Crippen LogP contribution in [-0.2, 0) is 4.79 Å². The number of carbonyl (C=O) groups excluding carboxylic acids is 1. The van der Waals surface area contributed by atoms with Gasteiger partial charge in [0.25, 0.3) is 5.91 Å². The molecule has 27 heavy (non-hydrogen) atoms. The number of rotatable bonds is 4. The molecule has 3 aromatic rings. The smallest absolute Gasteiger partial charge is 0.263 e. The number of para-hydroxylation sites is 1. The largest absolute Gasteiger partial charge is 0.481 e. The maximum atomic E-state index is 12.9. The molecule has 2 aromatic carbocycles. The lowest BCUT2D eigenvalue weighted by atomic mass is 9.98. The van der Waals surface area contributed by atoms with E-state index in [4.69, 9.17) is 9.72 Å². The molecule has 1 saturated heterocycles. The molecule has 0 N–H and O–H groups in total. The molecule has 1 aromatic heterocycles. The van der Waals surface area contributed by atoms with Crippen LogP contribution in [0.2, 0.25) is 0 Å². The monoisotopic (exact) mass is 380 g/mol. The Labute approximate surface area is 163 Å². The van der Waals surface area contributed by atoms with Gasteiger partial charge < -0.3 is 9.64 Å². The average molecular weight is 381 g/mol. The van der Waals surface area contributed by atoms with Gasteiger partial charge in [0.05, 0.1) is 15.2 Å². The van der Waals surface area contributed by atoms with Crippen molar-refractivity contribution >= 4 is 27.5 Å². The maximum absolute atomic E-state index is 12.9. The van der Waals surface area contributed by atoms with Crippen molar-refractivity contribution in [2.75, 3.05) is 13.1 Å². The van der Waals surface area contributed by atoms with E-state index in [9.17, 15) is 4.79 Å². The van der Waals surface area contributed by atoms with Gasteiger partial charge in [0.2, 0.25) is 0 Å². The number of piperidine rings is 1. The summed E-state index contributed by atoms with van der Waals surface area (Å²) in [4.78, 5) is 19.6. The SMILES string of the molecule is Cc1ccc(O[C@H](C)C(=O)N2CCC[C@H](c3nc4ccccc4s3)C2)cc1. The molecule has 0 aliphatic carbocycles. The zero-order valence-corrected chi connectivity index (χ0v) is 16.5. The fourth-order valence-electron chi connectivity index (χ4n) is 3.57. The zero-order chi connectivity index (χ0) is 18.8. The highest BCUT2D eigenvalue weighted by molar-refractivity contribution is 7.18. The summed E-state index contributed by atoms with van der Waals surface area (Å²) in [5.41, 5.74) is 2.23. The van der Waals surface area contributed by atoms with Gasteiger partial charge in [-0.1, -0.05) is 29.8 Å². The maximum Gasteiger partial charge on any atom is 0.263 e. The highest BCUT2D eigenvalue weighted by atomic mass is 32.1. The summed E-state index contributed by atoms with van der Waals surface area (Å²) in [6.07, 6.45) is 1.60. The second kappa shape index (κ2) is 7.69. The number of thiazole rings is 1. The summed E-state index contributed by atoms with van der Waals surface area (Å²) in [6, 6.07) is 16.1. The molecule has 1 amide bonds. The molecule has 0 saturated carbocycles. The number of ether oxygens (including phenoxy) is 1. The molecule has 4 rings (SSSR count). The van der Waals surface area contributed by atoms with E-state index in [1.807, 2.05) is 55.1 Å². The van der Waals surface area contributed by atoms with Crippen LogP contribution in [0.1, 0.15) is 36.3 Å². The van der Waals surface area contributed by atoms with E-state index in [0.717, 1.165) is 42.2 Å². The third kappa shape index (κ3) is 3.98. The molecule has 5 heteroatoms. The number of hydrogen-bond donors (Lipinski definition) is 0. The van der Waals surface area contributed by atoms with Crippen LogP contribution in [0, 0.1) is 6.92 Å². The third-order valence-electron chi connectivity index (χ3n) is 5.07. The number of amides is 1. The molecule has 4 nitrogen and oxygen atoms in total. The number of nitrogens with zero attached hydrogens (tertiary/aromatic N) is 2. The molecule has 1 aliphatic heterocycles. The molecule has 140 valence electrons. The molecule has 2 heterocycles. The van der Waals surface area contributed by atoms with Crippen molar-refractivity contribution in [3.05, 3.63) is 59.1 Å². The van der Waals surface area contributed by atoms with E-state index < -0.39 is 6.10 Å². The first-order valence-electron chi connectivity index (χ1n) is 9.48. The van der Waals surface area contributed by atoms with Crippen molar-refractivity contribution in [3.8, 4) is 5.75 Å². The molecule has 1 aliphatic rings. The Morgan fingerprint density at radius 2 is 2.00 bits per heavy atom. The molecule has 0 unspecified atom stereocenters. The van der Waals surface area contributed by atoms with Gasteiger partial charge >= 0.3 is 0 Å². The summed E-state index contributed by atoms with van der Waals surface area (Å²) < 4.78 is 7.08. The van der Waals surface area contributed by atoms with Crippen LogP contribution in [0.3, 0.4) is 0 Å². The summed E-state index contributed by atoms with van der Waals surface area (Å²) in [6.45, 7) is 5.39. The predicted molar refractivity (Wildman–Crippen MR) is 109 cm³/mol. The standard InChI is InChI=1S/C22H24N2O2S/c1-15-9-11-18(12-10-15)26-16(2)22(25)24-13-5-6-17(14-24)21-23-19-7-3-4-8-20(19)27-21/h3-4,7-12,16-17H,5-6,13-14H2,1-2H3/t16-,17+/m1/s1. The van der Waals surface area contributed by atoms with E-state index in [1.54, 1.807) is 11.3 Å². The Morgan fingerprint density at radius 3 is 2.78 bits per heavy atom. The fourth-order valence-corrected chi connectivity index (χ4v) is 4.67. The van der Waals surface area contributed by atoms with Crippen LogP contribution in [-0.4, -0.2) is 35.0 Å². The molecule has 0 bridgehead atoms. The van der Waals surface area contributed by atoms with Crippen LogP contribution in [0.15, 0.2) is 48.5 Å². The molecular formula is C22H24N2O2S. The van der Waals surface area contributed by atoms with E-state index in [0.29, 0.717) is 5.92 Å². The topological polar surface area (TPSA) is 42.4 Å². The lowest BCUT2D eigenvalue weighted by molar-refractivity contribution is -0.139. The zero-order valence-electron chi connectivity index (χ0n) is 15.7. The summed E-state index contributed by atoms with van der Waals surface area (Å²) in [7, 11) is 0. The van der Waals surface area contributed by atoms with Crippen LogP contribution >= 0.6 is 11.3 Å². The van der Waals surface area contributed by atoms with Crippen LogP contribution < -0.4 is 4.74 Å². The van der Waals surface area contributed by atoms with Gasteiger partial charge in [0.1, 0.15) is 5.75 Å².